The largest absolute Gasteiger partial charge is 0.567 e. The third-order valence-corrected chi connectivity index (χ3v) is 61.0. The Labute approximate surface area is 413 Å². The zero-order chi connectivity index (χ0) is 45.5. The average Bonchev–Trinajstić information content (AvgIpc) is 3.32. The molecule has 7 saturated carbocycles. The summed E-state index contributed by atoms with van der Waals surface area (Å²) < 4.78 is 108. The molecule has 6 aliphatic heterocycles. The van der Waals surface area contributed by atoms with Crippen LogP contribution in [0.25, 0.3) is 0 Å². The van der Waals surface area contributed by atoms with Gasteiger partial charge in [-0.15, -0.1) is 0 Å². The summed E-state index contributed by atoms with van der Waals surface area (Å²) in [6.07, 6.45) is 37.8. The lowest BCUT2D eigenvalue weighted by atomic mass is 10.0. The van der Waals surface area contributed by atoms with Gasteiger partial charge in [0, 0.05) is 38.8 Å². The van der Waals surface area contributed by atoms with Gasteiger partial charge in [0.1, 0.15) is 8.24 Å². The molecule has 67 heavy (non-hydrogen) atoms. The van der Waals surface area contributed by atoms with Crippen molar-refractivity contribution in [1.29, 1.82) is 0 Å². The molecule has 8 bridgehead atoms. The fourth-order valence-corrected chi connectivity index (χ4v) is 74.6. The van der Waals surface area contributed by atoms with E-state index in [-0.39, 0.29) is 38.8 Å². The van der Waals surface area contributed by atoms with Gasteiger partial charge in [-0.2, -0.15) is 0 Å². The molecule has 13 aliphatic rings. The lowest BCUT2D eigenvalue weighted by Gasteiger charge is -2.68. The van der Waals surface area contributed by atoms with E-state index < -0.39 is 78.8 Å². The van der Waals surface area contributed by atoms with Gasteiger partial charge < -0.3 is 49.4 Å². The summed E-state index contributed by atoms with van der Waals surface area (Å²) in [5.74, 6) is 0. The lowest BCUT2D eigenvalue weighted by molar-refractivity contribution is -0.0524. The molecule has 6 saturated heterocycles. The molecule has 0 aromatic heterocycles. The second-order valence-electron chi connectivity index (χ2n) is 24.7. The van der Waals surface area contributed by atoms with Crippen LogP contribution < -0.4 is 4.65 Å². The summed E-state index contributed by atoms with van der Waals surface area (Å²) in [4.78, 5) is 0. The highest BCUT2D eigenvalue weighted by Crippen LogP contribution is 2.65. The lowest BCUT2D eigenvalue weighted by Crippen LogP contribution is -2.93. The SMILES string of the molecule is C[Si](C)(C)N[Si]12O[Si]3(C4CCCCC4)O[Si]4(C5CCCCC5)O[Si](C5CCCCC5)(O1)O[Si]1(C5CCCCC5)O[Si](C5CCCCC5)(O2)O[Si](C2CCCCC2)(O3)O[Si](C2CCCCC2)(O4)O1. The minimum absolute atomic E-state index is 0.0231. The Hall–Kier alpha value is 1.43. The molecular formula is C45H87NO12Si9. The smallest absolute Gasteiger partial charge is 0.373 e. The van der Waals surface area contributed by atoms with Crippen molar-refractivity contribution in [3.63, 3.8) is 0 Å². The molecule has 6 heterocycles. The van der Waals surface area contributed by atoms with E-state index in [0.29, 0.717) is 0 Å². The zero-order valence-corrected chi connectivity index (χ0v) is 50.7. The molecule has 1 N–H and O–H groups in total. The van der Waals surface area contributed by atoms with Crippen molar-refractivity contribution >= 4 is 78.8 Å². The van der Waals surface area contributed by atoms with Crippen LogP contribution >= 0.6 is 0 Å². The van der Waals surface area contributed by atoms with Crippen molar-refractivity contribution in [2.75, 3.05) is 0 Å². The second-order valence-corrected chi connectivity index (χ2v) is 55.3. The van der Waals surface area contributed by atoms with Gasteiger partial charge in [0.15, 0.2) is 0 Å². The standard InChI is InChI=1S/C45H87NO12Si9/c1-59(2,3)46-67-56-64(43-33-19-8-20-34-43)50-61(40-27-13-5-14-28-40)47-60(39-25-11-4-12-26-39)48-62(52-64,41-29-15-6-16-30-41)54-66(58-67,45-37-23-10-24-38-45)55-63(49-60,42-31-17-7-18-32-42)53-65(51-61,57-67)44-35-21-9-22-36-44/h39-46H,4-38H2,1-3H3. The Bertz CT molecular complexity index is 1540. The van der Waals surface area contributed by atoms with Crippen LogP contribution in [0.5, 0.6) is 0 Å². The maximum atomic E-state index is 8.71. The highest BCUT2D eigenvalue weighted by atomic mass is 28.6. The third-order valence-electron chi connectivity index (χ3n) is 18.7. The summed E-state index contributed by atoms with van der Waals surface area (Å²) in [6.45, 7) is 7.10. The van der Waals surface area contributed by atoms with Crippen LogP contribution in [-0.2, 0) is 49.4 Å². The van der Waals surface area contributed by atoms with Gasteiger partial charge in [0.25, 0.3) is 0 Å². The number of nitrogens with one attached hydrogen (secondary N) is 1. The van der Waals surface area contributed by atoms with Crippen LogP contribution in [0.4, 0.5) is 0 Å². The van der Waals surface area contributed by atoms with Crippen molar-refractivity contribution in [2.45, 2.75) is 283 Å². The first kappa shape index (κ1) is 49.3. The molecule has 13 fully saturated rings. The Morgan fingerprint density at radius 2 is 0.388 bits per heavy atom. The van der Waals surface area contributed by atoms with Gasteiger partial charge in [0.2, 0.25) is 0 Å². The second kappa shape index (κ2) is 19.2. The number of hydrogen-bond donors (Lipinski definition) is 1. The molecule has 0 unspecified atom stereocenters. The Balaban J connectivity index is 1.19. The maximum Gasteiger partial charge on any atom is 0.567 e. The van der Waals surface area contributed by atoms with Gasteiger partial charge >= 0.3 is 70.6 Å². The monoisotopic (exact) mass is 1090 g/mol. The highest BCUT2D eigenvalue weighted by molar-refractivity contribution is 7.05. The van der Waals surface area contributed by atoms with Crippen LogP contribution in [0.3, 0.4) is 0 Å². The van der Waals surface area contributed by atoms with Gasteiger partial charge in [-0.1, -0.05) is 154 Å². The van der Waals surface area contributed by atoms with Crippen molar-refractivity contribution in [1.82, 2.24) is 4.65 Å². The van der Waals surface area contributed by atoms with Crippen LogP contribution in [0.15, 0.2) is 0 Å². The van der Waals surface area contributed by atoms with Crippen LogP contribution in [-0.4, -0.2) is 78.8 Å². The molecule has 7 aliphatic carbocycles. The Morgan fingerprint density at radius 3 is 0.537 bits per heavy atom. The number of hydrogen-bond acceptors (Lipinski definition) is 13. The van der Waals surface area contributed by atoms with Gasteiger partial charge in [-0.3, -0.25) is 4.65 Å². The molecule has 380 valence electrons. The molecule has 0 amide bonds. The van der Waals surface area contributed by atoms with Gasteiger partial charge in [0.05, 0.1) is 0 Å². The molecule has 0 aromatic carbocycles. The molecule has 13 nitrogen and oxygen atoms in total. The molecule has 0 atom stereocenters. The highest BCUT2D eigenvalue weighted by Gasteiger charge is 2.88. The minimum Gasteiger partial charge on any atom is -0.373 e. The molecule has 22 heteroatoms. The van der Waals surface area contributed by atoms with Crippen molar-refractivity contribution in [2.24, 2.45) is 0 Å². The first-order valence-electron chi connectivity index (χ1n) is 28.6. The topological polar surface area (TPSA) is 123 Å². The first-order valence-corrected chi connectivity index (χ1v) is 46.5. The molecule has 0 aromatic rings. The van der Waals surface area contributed by atoms with E-state index in [2.05, 4.69) is 24.3 Å². The Kier molecular flexibility index (Phi) is 14.1. The van der Waals surface area contributed by atoms with Gasteiger partial charge in [-0.25, -0.2) is 0 Å². The van der Waals surface area contributed by atoms with E-state index in [1.807, 2.05) is 0 Å². The summed E-state index contributed by atoms with van der Waals surface area (Å²) in [6, 6.07) is 0. The minimum atomic E-state index is -4.20. The molecule has 0 spiro atoms. The number of rotatable bonds is 9. The Morgan fingerprint density at radius 1 is 0.239 bits per heavy atom. The van der Waals surface area contributed by atoms with Crippen molar-refractivity contribution in [3.8, 4) is 0 Å². The van der Waals surface area contributed by atoms with Gasteiger partial charge in [-0.05, 0) is 89.9 Å². The predicted molar refractivity (Wildman–Crippen MR) is 273 cm³/mol. The molecule has 13 rings (SSSR count). The van der Waals surface area contributed by atoms with Crippen LogP contribution in [0.1, 0.15) is 225 Å². The fraction of sp³-hybridized carbons (Fsp3) is 1.00. The average molecular weight is 1090 g/mol. The maximum absolute atomic E-state index is 8.71. The van der Waals surface area contributed by atoms with E-state index in [1.165, 1.54) is 44.9 Å². The normalized spacial score (nSPS) is 46.4. The van der Waals surface area contributed by atoms with E-state index in [9.17, 15) is 0 Å². The fourth-order valence-electron chi connectivity index (χ4n) is 15.3. The van der Waals surface area contributed by atoms with E-state index in [4.69, 9.17) is 49.4 Å². The zero-order valence-electron chi connectivity index (χ0n) is 41.7. The van der Waals surface area contributed by atoms with E-state index in [1.54, 1.807) is 0 Å². The molecule has 0 radical (unpaired) electrons. The van der Waals surface area contributed by atoms with Crippen molar-refractivity contribution in [3.05, 3.63) is 0 Å². The molecular weight excluding hydrogens is 999 g/mol. The van der Waals surface area contributed by atoms with Crippen LogP contribution in [0.2, 0.25) is 58.4 Å². The summed E-state index contributed by atoms with van der Waals surface area (Å²) in [5.41, 5.74) is 0.266. The summed E-state index contributed by atoms with van der Waals surface area (Å²) in [5, 5.41) is 0. The van der Waals surface area contributed by atoms with Crippen molar-refractivity contribution < 1.29 is 49.4 Å². The summed E-state index contributed by atoms with van der Waals surface area (Å²) >= 11 is 0. The first-order chi connectivity index (χ1) is 32.4. The summed E-state index contributed by atoms with van der Waals surface area (Å²) in [7, 11) is -34.6. The quantitative estimate of drug-likeness (QED) is 0.221. The van der Waals surface area contributed by atoms with Crippen LogP contribution in [0, 0.1) is 0 Å². The van der Waals surface area contributed by atoms with E-state index >= 15 is 0 Å². The van der Waals surface area contributed by atoms with E-state index in [0.717, 1.165) is 180 Å². The third kappa shape index (κ3) is 9.17. The predicted octanol–water partition coefficient (Wildman–Crippen LogP) is 13.0.